The fourth-order valence-corrected chi connectivity index (χ4v) is 1.83. The Bertz CT molecular complexity index is 486. The molecule has 0 saturated carbocycles. The first-order chi connectivity index (χ1) is 7.08. The van der Waals surface area contributed by atoms with Gasteiger partial charge in [0.25, 0.3) is 0 Å². The Balaban J connectivity index is 2.31. The van der Waals surface area contributed by atoms with Crippen molar-refractivity contribution in [2.75, 3.05) is 0 Å². The first-order valence-electron chi connectivity index (χ1n) is 4.44. The minimum Gasteiger partial charge on any atom is -0.267 e. The third-order valence-corrected chi connectivity index (χ3v) is 2.86. The molecule has 4 nitrogen and oxygen atoms in total. The van der Waals surface area contributed by atoms with Gasteiger partial charge in [0.05, 0.1) is 23.5 Å². The second-order valence-electron chi connectivity index (χ2n) is 3.33. The van der Waals surface area contributed by atoms with Crippen molar-refractivity contribution < 1.29 is 0 Å². The maximum absolute atomic E-state index is 6.10. The van der Waals surface area contributed by atoms with E-state index in [1.807, 2.05) is 14.0 Å². The SMILES string of the molecule is Cc1nn(C)c(Cl)c1Cn1cc(Cl)cn1. The van der Waals surface area contributed by atoms with Gasteiger partial charge in [0.1, 0.15) is 5.15 Å². The smallest absolute Gasteiger partial charge is 0.132 e. The molecule has 0 aromatic carbocycles. The molecule has 0 amide bonds. The number of halogens is 2. The maximum atomic E-state index is 6.10. The van der Waals surface area contributed by atoms with Crippen molar-refractivity contribution in [3.8, 4) is 0 Å². The lowest BCUT2D eigenvalue weighted by Gasteiger charge is -2.00. The van der Waals surface area contributed by atoms with E-state index in [0.717, 1.165) is 11.3 Å². The van der Waals surface area contributed by atoms with Crippen molar-refractivity contribution in [3.63, 3.8) is 0 Å². The van der Waals surface area contributed by atoms with Crippen molar-refractivity contribution in [3.05, 3.63) is 33.8 Å². The summed E-state index contributed by atoms with van der Waals surface area (Å²) in [6.45, 7) is 2.51. The van der Waals surface area contributed by atoms with Crippen LogP contribution in [0.25, 0.3) is 0 Å². The van der Waals surface area contributed by atoms with E-state index >= 15 is 0 Å². The van der Waals surface area contributed by atoms with Crippen molar-refractivity contribution >= 4 is 23.2 Å². The van der Waals surface area contributed by atoms with E-state index in [9.17, 15) is 0 Å². The van der Waals surface area contributed by atoms with Gasteiger partial charge in [-0.25, -0.2) is 0 Å². The largest absolute Gasteiger partial charge is 0.267 e. The summed E-state index contributed by atoms with van der Waals surface area (Å²) < 4.78 is 3.38. The van der Waals surface area contributed by atoms with Gasteiger partial charge in [0, 0.05) is 18.8 Å². The molecular weight excluding hydrogens is 235 g/mol. The summed E-state index contributed by atoms with van der Waals surface area (Å²) in [5, 5.41) is 9.57. The predicted molar refractivity (Wildman–Crippen MR) is 59.3 cm³/mol. The number of hydrogen-bond donors (Lipinski definition) is 0. The molecule has 2 rings (SSSR count). The van der Waals surface area contributed by atoms with Gasteiger partial charge in [0.15, 0.2) is 0 Å². The molecule has 15 heavy (non-hydrogen) atoms. The van der Waals surface area contributed by atoms with Crippen LogP contribution in [0.3, 0.4) is 0 Å². The zero-order valence-corrected chi connectivity index (χ0v) is 9.92. The molecule has 0 aliphatic heterocycles. The van der Waals surface area contributed by atoms with Crippen molar-refractivity contribution in [2.45, 2.75) is 13.5 Å². The highest BCUT2D eigenvalue weighted by Crippen LogP contribution is 2.19. The van der Waals surface area contributed by atoms with Gasteiger partial charge < -0.3 is 0 Å². The highest BCUT2D eigenvalue weighted by Gasteiger charge is 2.11. The van der Waals surface area contributed by atoms with E-state index in [1.54, 1.807) is 21.8 Å². The molecule has 0 aliphatic rings. The van der Waals surface area contributed by atoms with Crippen LogP contribution in [0, 0.1) is 6.92 Å². The number of hydrogen-bond acceptors (Lipinski definition) is 2. The molecule has 0 fully saturated rings. The topological polar surface area (TPSA) is 35.6 Å². The molecule has 6 heteroatoms. The van der Waals surface area contributed by atoms with Crippen LogP contribution in [0.15, 0.2) is 12.4 Å². The molecule has 0 bridgehead atoms. The molecule has 0 saturated heterocycles. The zero-order chi connectivity index (χ0) is 11.0. The van der Waals surface area contributed by atoms with Gasteiger partial charge in [-0.3, -0.25) is 9.36 Å². The monoisotopic (exact) mass is 244 g/mol. The Kier molecular flexibility index (Phi) is 2.71. The van der Waals surface area contributed by atoms with Crippen LogP contribution >= 0.6 is 23.2 Å². The average molecular weight is 245 g/mol. The van der Waals surface area contributed by atoms with Crippen LogP contribution in [-0.4, -0.2) is 19.6 Å². The highest BCUT2D eigenvalue weighted by molar-refractivity contribution is 6.30. The average Bonchev–Trinajstić information content (AvgIpc) is 2.67. The van der Waals surface area contributed by atoms with E-state index < -0.39 is 0 Å². The number of aromatic nitrogens is 4. The summed E-state index contributed by atoms with van der Waals surface area (Å²) in [4.78, 5) is 0. The normalized spacial score (nSPS) is 10.9. The lowest BCUT2D eigenvalue weighted by Crippen LogP contribution is -2.01. The molecule has 0 unspecified atom stereocenters. The van der Waals surface area contributed by atoms with E-state index in [1.165, 1.54) is 0 Å². The molecule has 2 aromatic rings. The molecular formula is C9H10Cl2N4. The van der Waals surface area contributed by atoms with Crippen molar-refractivity contribution in [2.24, 2.45) is 7.05 Å². The first-order valence-corrected chi connectivity index (χ1v) is 5.19. The fraction of sp³-hybridized carbons (Fsp3) is 0.333. The molecule has 2 heterocycles. The van der Waals surface area contributed by atoms with Crippen LogP contribution < -0.4 is 0 Å². The first kappa shape index (κ1) is 10.5. The molecule has 0 aliphatic carbocycles. The summed E-state index contributed by atoms with van der Waals surface area (Å²) in [6.07, 6.45) is 3.35. The summed E-state index contributed by atoms with van der Waals surface area (Å²) in [6, 6.07) is 0. The Hall–Kier alpha value is -1.00. The maximum Gasteiger partial charge on any atom is 0.132 e. The van der Waals surface area contributed by atoms with Gasteiger partial charge in [-0.05, 0) is 6.92 Å². The van der Waals surface area contributed by atoms with E-state index in [0.29, 0.717) is 16.7 Å². The van der Waals surface area contributed by atoms with Crippen LogP contribution in [0.2, 0.25) is 10.2 Å². The second-order valence-corrected chi connectivity index (χ2v) is 4.13. The molecule has 0 spiro atoms. The zero-order valence-electron chi connectivity index (χ0n) is 8.41. The van der Waals surface area contributed by atoms with Crippen molar-refractivity contribution in [1.29, 1.82) is 0 Å². The third-order valence-electron chi connectivity index (χ3n) is 2.19. The quantitative estimate of drug-likeness (QED) is 0.813. The Morgan fingerprint density at radius 2 is 2.13 bits per heavy atom. The van der Waals surface area contributed by atoms with Crippen LogP contribution in [-0.2, 0) is 13.6 Å². The van der Waals surface area contributed by atoms with E-state index in [2.05, 4.69) is 10.2 Å². The second kappa shape index (κ2) is 3.87. The fourth-order valence-electron chi connectivity index (χ4n) is 1.44. The Morgan fingerprint density at radius 1 is 1.40 bits per heavy atom. The summed E-state index contributed by atoms with van der Waals surface area (Å²) in [7, 11) is 1.81. The van der Waals surface area contributed by atoms with E-state index in [-0.39, 0.29) is 0 Å². The summed E-state index contributed by atoms with van der Waals surface area (Å²) in [5.74, 6) is 0. The molecule has 80 valence electrons. The minimum atomic E-state index is 0.589. The molecule has 0 N–H and O–H groups in total. The lowest BCUT2D eigenvalue weighted by molar-refractivity contribution is 0.683. The Morgan fingerprint density at radius 3 is 2.60 bits per heavy atom. The molecule has 0 radical (unpaired) electrons. The van der Waals surface area contributed by atoms with Crippen LogP contribution in [0.4, 0.5) is 0 Å². The Labute approximate surface area is 97.4 Å². The minimum absolute atomic E-state index is 0.589. The van der Waals surface area contributed by atoms with Gasteiger partial charge >= 0.3 is 0 Å². The lowest BCUT2D eigenvalue weighted by atomic mass is 10.3. The summed E-state index contributed by atoms with van der Waals surface area (Å²) in [5.41, 5.74) is 1.88. The molecule has 0 atom stereocenters. The number of rotatable bonds is 2. The van der Waals surface area contributed by atoms with Crippen LogP contribution in [0.1, 0.15) is 11.3 Å². The molecule has 2 aromatic heterocycles. The van der Waals surface area contributed by atoms with Gasteiger partial charge in [-0.1, -0.05) is 23.2 Å². The van der Waals surface area contributed by atoms with Crippen LogP contribution in [0.5, 0.6) is 0 Å². The highest BCUT2D eigenvalue weighted by atomic mass is 35.5. The third kappa shape index (κ3) is 2.01. The van der Waals surface area contributed by atoms with E-state index in [4.69, 9.17) is 23.2 Å². The number of aryl methyl sites for hydroxylation is 2. The standard InChI is InChI=1S/C9H10Cl2N4/c1-6-8(9(11)14(2)13-6)5-15-4-7(10)3-12-15/h3-4H,5H2,1-2H3. The predicted octanol–water partition coefficient (Wildman–Crippen LogP) is 2.28. The van der Waals surface area contributed by atoms with Crippen molar-refractivity contribution in [1.82, 2.24) is 19.6 Å². The van der Waals surface area contributed by atoms with Gasteiger partial charge in [0.2, 0.25) is 0 Å². The van der Waals surface area contributed by atoms with Gasteiger partial charge in [-0.2, -0.15) is 10.2 Å². The number of nitrogens with zero attached hydrogens (tertiary/aromatic N) is 4. The van der Waals surface area contributed by atoms with Gasteiger partial charge in [-0.15, -0.1) is 0 Å². The summed E-state index contributed by atoms with van der Waals surface area (Å²) >= 11 is 11.9.